The van der Waals surface area contributed by atoms with Crippen LogP contribution in [0.3, 0.4) is 0 Å². The van der Waals surface area contributed by atoms with E-state index >= 15 is 0 Å². The zero-order valence-electron chi connectivity index (χ0n) is 12.1. The van der Waals surface area contributed by atoms with Crippen molar-refractivity contribution in [1.29, 1.82) is 0 Å². The minimum atomic E-state index is 1.04. The molecule has 0 aliphatic heterocycles. The lowest BCUT2D eigenvalue weighted by Gasteiger charge is -2.12. The molecule has 2 aromatic rings. The summed E-state index contributed by atoms with van der Waals surface area (Å²) in [6, 6.07) is 11.3. The highest BCUT2D eigenvalue weighted by molar-refractivity contribution is 5.42. The molecule has 0 saturated heterocycles. The molecule has 0 aliphatic rings. The van der Waals surface area contributed by atoms with Crippen molar-refractivity contribution in [2.45, 2.75) is 41.0 Å². The predicted octanol–water partition coefficient (Wildman–Crippen LogP) is 4.82. The molecule has 0 bridgehead atoms. The van der Waals surface area contributed by atoms with Gasteiger partial charge in [-0.15, -0.1) is 0 Å². The highest BCUT2D eigenvalue weighted by Crippen LogP contribution is 2.21. The topological polar surface area (TPSA) is 0 Å². The molecule has 94 valence electrons. The zero-order chi connectivity index (χ0) is 13.3. The van der Waals surface area contributed by atoms with Gasteiger partial charge in [0.1, 0.15) is 0 Å². The van der Waals surface area contributed by atoms with Crippen LogP contribution in [0.5, 0.6) is 0 Å². The molecule has 0 amide bonds. The second-order valence-electron chi connectivity index (χ2n) is 5.46. The molecular weight excluding hydrogens is 216 g/mol. The van der Waals surface area contributed by atoms with Crippen LogP contribution in [0.15, 0.2) is 30.3 Å². The van der Waals surface area contributed by atoms with E-state index in [-0.39, 0.29) is 0 Å². The van der Waals surface area contributed by atoms with Gasteiger partial charge in [-0.05, 0) is 68.9 Å². The van der Waals surface area contributed by atoms with E-state index in [2.05, 4.69) is 65.0 Å². The van der Waals surface area contributed by atoms with E-state index in [0.29, 0.717) is 0 Å². The average Bonchev–Trinajstić information content (AvgIpc) is 2.29. The van der Waals surface area contributed by atoms with E-state index in [4.69, 9.17) is 0 Å². The van der Waals surface area contributed by atoms with Gasteiger partial charge < -0.3 is 0 Å². The van der Waals surface area contributed by atoms with E-state index in [1.807, 2.05) is 0 Å². The van der Waals surface area contributed by atoms with Gasteiger partial charge in [0.2, 0.25) is 0 Å². The summed E-state index contributed by atoms with van der Waals surface area (Å²) in [7, 11) is 0. The molecule has 0 unspecified atom stereocenters. The fourth-order valence-electron chi connectivity index (χ4n) is 2.59. The summed E-state index contributed by atoms with van der Waals surface area (Å²) in [5.41, 5.74) is 9.82. The molecule has 2 rings (SSSR count). The van der Waals surface area contributed by atoms with Gasteiger partial charge in [0.05, 0.1) is 0 Å². The highest BCUT2D eigenvalue weighted by Gasteiger charge is 2.05. The third-order valence-electron chi connectivity index (χ3n) is 3.85. The van der Waals surface area contributed by atoms with Crippen molar-refractivity contribution in [3.05, 3.63) is 69.3 Å². The first-order chi connectivity index (χ1) is 8.47. The van der Waals surface area contributed by atoms with E-state index in [9.17, 15) is 0 Å². The lowest BCUT2D eigenvalue weighted by Crippen LogP contribution is -1.97. The molecule has 0 aromatic heterocycles. The van der Waals surface area contributed by atoms with Crippen molar-refractivity contribution in [2.75, 3.05) is 0 Å². The van der Waals surface area contributed by atoms with Gasteiger partial charge in [-0.25, -0.2) is 0 Å². The maximum absolute atomic E-state index is 2.29. The summed E-state index contributed by atoms with van der Waals surface area (Å²) in [6.07, 6.45) is 1.04. The minimum absolute atomic E-state index is 1.04. The lowest BCUT2D eigenvalue weighted by molar-refractivity contribution is 1.11. The molecule has 0 fully saturated rings. The molecule has 0 saturated carbocycles. The highest BCUT2D eigenvalue weighted by atomic mass is 14.1. The van der Waals surface area contributed by atoms with Gasteiger partial charge in [0.15, 0.2) is 0 Å². The van der Waals surface area contributed by atoms with Crippen LogP contribution in [-0.4, -0.2) is 0 Å². The van der Waals surface area contributed by atoms with Crippen molar-refractivity contribution in [3.63, 3.8) is 0 Å². The smallest absolute Gasteiger partial charge is 0.00228 e. The molecule has 0 N–H and O–H groups in total. The monoisotopic (exact) mass is 238 g/mol. The van der Waals surface area contributed by atoms with E-state index in [0.717, 1.165) is 6.42 Å². The molecule has 0 aliphatic carbocycles. The van der Waals surface area contributed by atoms with Crippen molar-refractivity contribution in [2.24, 2.45) is 0 Å². The largest absolute Gasteiger partial charge is 0.0588 e. The third kappa shape index (κ3) is 2.64. The van der Waals surface area contributed by atoms with Crippen LogP contribution in [0.4, 0.5) is 0 Å². The van der Waals surface area contributed by atoms with Crippen LogP contribution in [0, 0.1) is 34.6 Å². The summed E-state index contributed by atoms with van der Waals surface area (Å²) < 4.78 is 0. The molecule has 2 aromatic carbocycles. The minimum Gasteiger partial charge on any atom is -0.0588 e. The molecule has 0 radical (unpaired) electrons. The molecule has 0 atom stereocenters. The Hall–Kier alpha value is -1.56. The summed E-state index contributed by atoms with van der Waals surface area (Å²) in [5.74, 6) is 0. The van der Waals surface area contributed by atoms with Crippen molar-refractivity contribution >= 4 is 0 Å². The van der Waals surface area contributed by atoms with Crippen LogP contribution in [-0.2, 0) is 6.42 Å². The SMILES string of the molecule is Cc1cc(C)cc(Cc2ccc(C)c(C)c2C)c1. The van der Waals surface area contributed by atoms with Gasteiger partial charge in [0, 0.05) is 0 Å². The quantitative estimate of drug-likeness (QED) is 0.703. The first kappa shape index (κ1) is 12.9. The fraction of sp³-hybridized carbons (Fsp3) is 0.333. The normalized spacial score (nSPS) is 10.7. The number of hydrogen-bond donors (Lipinski definition) is 0. The number of aryl methyl sites for hydroxylation is 3. The Morgan fingerprint density at radius 1 is 0.722 bits per heavy atom. The standard InChI is InChI=1S/C18H22/c1-12-8-13(2)10-17(9-12)11-18-7-6-14(3)15(4)16(18)5/h6-10H,11H2,1-5H3. The first-order valence-corrected chi connectivity index (χ1v) is 6.60. The summed E-state index contributed by atoms with van der Waals surface area (Å²) in [5, 5.41) is 0. The summed E-state index contributed by atoms with van der Waals surface area (Å²) >= 11 is 0. The van der Waals surface area contributed by atoms with Gasteiger partial charge in [0.25, 0.3) is 0 Å². The average molecular weight is 238 g/mol. The van der Waals surface area contributed by atoms with E-state index < -0.39 is 0 Å². The Balaban J connectivity index is 2.37. The Bertz CT molecular complexity index is 557. The molecular formula is C18H22. The Morgan fingerprint density at radius 3 is 1.94 bits per heavy atom. The Morgan fingerprint density at radius 2 is 1.33 bits per heavy atom. The Kier molecular flexibility index (Phi) is 3.56. The number of hydrogen-bond acceptors (Lipinski definition) is 0. The van der Waals surface area contributed by atoms with Crippen LogP contribution in [0.2, 0.25) is 0 Å². The maximum Gasteiger partial charge on any atom is -0.00228 e. The van der Waals surface area contributed by atoms with Crippen LogP contribution in [0.25, 0.3) is 0 Å². The van der Waals surface area contributed by atoms with Gasteiger partial charge in [-0.2, -0.15) is 0 Å². The zero-order valence-corrected chi connectivity index (χ0v) is 12.1. The summed E-state index contributed by atoms with van der Waals surface area (Å²) in [4.78, 5) is 0. The second kappa shape index (κ2) is 4.97. The van der Waals surface area contributed by atoms with Crippen molar-refractivity contribution < 1.29 is 0 Å². The lowest BCUT2D eigenvalue weighted by atomic mass is 9.93. The summed E-state index contributed by atoms with van der Waals surface area (Å²) in [6.45, 7) is 11.0. The van der Waals surface area contributed by atoms with Crippen LogP contribution in [0.1, 0.15) is 38.9 Å². The third-order valence-corrected chi connectivity index (χ3v) is 3.85. The maximum atomic E-state index is 2.29. The molecule has 0 nitrogen and oxygen atoms in total. The number of benzene rings is 2. The molecule has 0 spiro atoms. The second-order valence-corrected chi connectivity index (χ2v) is 5.46. The van der Waals surface area contributed by atoms with E-state index in [1.165, 1.54) is 38.9 Å². The molecule has 18 heavy (non-hydrogen) atoms. The molecule has 0 heteroatoms. The molecule has 0 heterocycles. The predicted molar refractivity (Wildman–Crippen MR) is 79.4 cm³/mol. The number of rotatable bonds is 2. The van der Waals surface area contributed by atoms with Gasteiger partial charge >= 0.3 is 0 Å². The first-order valence-electron chi connectivity index (χ1n) is 6.60. The van der Waals surface area contributed by atoms with E-state index in [1.54, 1.807) is 0 Å². The van der Waals surface area contributed by atoms with Crippen LogP contribution < -0.4 is 0 Å². The Labute approximate surface area is 111 Å². The van der Waals surface area contributed by atoms with Gasteiger partial charge in [-0.1, -0.05) is 41.5 Å². The van der Waals surface area contributed by atoms with Gasteiger partial charge in [-0.3, -0.25) is 0 Å². The fourth-order valence-corrected chi connectivity index (χ4v) is 2.59. The van der Waals surface area contributed by atoms with Crippen LogP contribution >= 0.6 is 0 Å². The van der Waals surface area contributed by atoms with Crippen molar-refractivity contribution in [1.82, 2.24) is 0 Å². The van der Waals surface area contributed by atoms with Crippen molar-refractivity contribution in [3.8, 4) is 0 Å².